The van der Waals surface area contributed by atoms with Crippen molar-refractivity contribution in [1.82, 2.24) is 14.8 Å². The van der Waals surface area contributed by atoms with E-state index in [9.17, 15) is 13.2 Å². The van der Waals surface area contributed by atoms with Crippen LogP contribution < -0.4 is 10.1 Å². The molecule has 0 bridgehead atoms. The normalized spacial score (nSPS) is 22.8. The first-order valence-electron chi connectivity index (χ1n) is 14.6. The highest BCUT2D eigenvalue weighted by molar-refractivity contribution is 6.09. The molecular weight excluding hydrogens is 557 g/mol. The van der Waals surface area contributed by atoms with Gasteiger partial charge in [0.1, 0.15) is 18.3 Å². The Morgan fingerprint density at radius 2 is 1.79 bits per heavy atom. The number of pyridine rings is 1. The molecule has 1 aromatic heterocycles. The molecule has 0 amide bonds. The minimum atomic E-state index is -4.25. The highest BCUT2D eigenvalue weighted by Crippen LogP contribution is 2.33. The first kappa shape index (κ1) is 29.1. The van der Waals surface area contributed by atoms with Crippen molar-refractivity contribution in [2.24, 2.45) is 15.9 Å². The number of anilines is 2. The Balaban J connectivity index is 1.18. The predicted molar refractivity (Wildman–Crippen MR) is 160 cm³/mol. The number of nitrogens with one attached hydrogen (secondary N) is 1. The number of aliphatic imine (C=N–C) groups is 2. The van der Waals surface area contributed by atoms with Gasteiger partial charge in [-0.05, 0) is 49.2 Å². The van der Waals surface area contributed by atoms with Crippen molar-refractivity contribution in [1.29, 1.82) is 0 Å². The van der Waals surface area contributed by atoms with Crippen LogP contribution in [0.1, 0.15) is 30.6 Å². The fourth-order valence-corrected chi connectivity index (χ4v) is 5.77. The maximum Gasteiger partial charge on any atom is 0.401 e. The van der Waals surface area contributed by atoms with Gasteiger partial charge in [-0.3, -0.25) is 9.89 Å². The number of likely N-dealkylation sites (tertiary alicyclic amines) is 1. The van der Waals surface area contributed by atoms with Crippen molar-refractivity contribution in [2.45, 2.75) is 38.3 Å². The van der Waals surface area contributed by atoms with Gasteiger partial charge in [-0.2, -0.15) is 18.2 Å². The molecule has 0 spiro atoms. The number of hydrogen-bond acceptors (Lipinski definition) is 8. The molecular formula is C32H35F3N6O2. The van der Waals surface area contributed by atoms with E-state index in [1.165, 1.54) is 4.90 Å². The number of halogens is 3. The average Bonchev–Trinajstić information content (AvgIpc) is 3.00. The Kier molecular flexibility index (Phi) is 8.62. The lowest BCUT2D eigenvalue weighted by Gasteiger charge is -2.44. The van der Waals surface area contributed by atoms with Gasteiger partial charge in [-0.15, -0.1) is 0 Å². The summed E-state index contributed by atoms with van der Waals surface area (Å²) >= 11 is 0. The molecule has 6 rings (SSSR count). The number of ether oxygens (including phenoxy) is 2. The molecule has 3 aromatic rings. The van der Waals surface area contributed by atoms with Crippen molar-refractivity contribution in [3.8, 4) is 5.88 Å². The number of piperidine rings is 1. The van der Waals surface area contributed by atoms with E-state index in [1.807, 2.05) is 72.8 Å². The summed E-state index contributed by atoms with van der Waals surface area (Å²) < 4.78 is 51.1. The van der Waals surface area contributed by atoms with Gasteiger partial charge in [0.15, 0.2) is 6.17 Å². The summed E-state index contributed by atoms with van der Waals surface area (Å²) in [6.45, 7) is 4.03. The highest BCUT2D eigenvalue weighted by atomic mass is 19.4. The Bertz CT molecular complexity index is 1450. The van der Waals surface area contributed by atoms with Gasteiger partial charge < -0.3 is 19.7 Å². The summed E-state index contributed by atoms with van der Waals surface area (Å²) in [7, 11) is 0. The molecule has 3 aliphatic heterocycles. The monoisotopic (exact) mass is 592 g/mol. The van der Waals surface area contributed by atoms with Gasteiger partial charge in [0, 0.05) is 30.6 Å². The number of benzene rings is 2. The van der Waals surface area contributed by atoms with Crippen LogP contribution in [-0.4, -0.2) is 77.9 Å². The van der Waals surface area contributed by atoms with E-state index in [0.29, 0.717) is 51.0 Å². The van der Waals surface area contributed by atoms with Crippen LogP contribution in [0.25, 0.3) is 0 Å². The molecule has 3 atom stereocenters. The predicted octanol–water partition coefficient (Wildman–Crippen LogP) is 5.86. The van der Waals surface area contributed by atoms with E-state index in [1.54, 1.807) is 0 Å². The average molecular weight is 593 g/mol. The van der Waals surface area contributed by atoms with Crippen LogP contribution in [0.3, 0.4) is 0 Å². The zero-order valence-electron chi connectivity index (χ0n) is 24.0. The molecule has 2 saturated heterocycles. The number of nitrogens with zero attached hydrogens (tertiary/aromatic N) is 5. The van der Waals surface area contributed by atoms with Crippen molar-refractivity contribution in [3.63, 3.8) is 0 Å². The number of rotatable bonds is 7. The summed E-state index contributed by atoms with van der Waals surface area (Å²) in [6, 6.07) is 23.4. The van der Waals surface area contributed by atoms with Gasteiger partial charge in [0.2, 0.25) is 5.88 Å². The highest BCUT2D eigenvalue weighted by Gasteiger charge is 2.40. The second-order valence-corrected chi connectivity index (χ2v) is 11.1. The van der Waals surface area contributed by atoms with Crippen LogP contribution in [0.15, 0.2) is 82.8 Å². The third kappa shape index (κ3) is 7.34. The molecule has 226 valence electrons. The summed E-state index contributed by atoms with van der Waals surface area (Å²) in [6.07, 6.45) is -4.21. The van der Waals surface area contributed by atoms with E-state index in [4.69, 9.17) is 19.5 Å². The zero-order valence-corrected chi connectivity index (χ0v) is 24.0. The third-order valence-corrected chi connectivity index (χ3v) is 7.88. The fourth-order valence-electron chi connectivity index (χ4n) is 5.77. The van der Waals surface area contributed by atoms with E-state index >= 15 is 0 Å². The Hall–Kier alpha value is -3.96. The topological polar surface area (TPSA) is 74.6 Å². The first-order valence-corrected chi connectivity index (χ1v) is 14.6. The standard InChI is InChI=1S/C32H35F3N6O2/c1-22-19-42-17-16-41(22)31-26-14-15-40(21-32(33,34)35)18-27(26)37-30(39-31)24-10-12-25(13-11-24)36-28-8-5-9-29(38-28)43-20-23-6-3-2-4-7-23/h2-13,22,26,30H,14-21H2,1H3,(H,36,38). The molecule has 2 aromatic carbocycles. The van der Waals surface area contributed by atoms with E-state index in [0.717, 1.165) is 28.4 Å². The largest absolute Gasteiger partial charge is 0.473 e. The van der Waals surface area contributed by atoms with Crippen LogP contribution in [-0.2, 0) is 11.3 Å². The van der Waals surface area contributed by atoms with Crippen molar-refractivity contribution < 1.29 is 22.6 Å². The summed E-state index contributed by atoms with van der Waals surface area (Å²) in [4.78, 5) is 18.3. The van der Waals surface area contributed by atoms with E-state index in [2.05, 4.69) is 22.1 Å². The van der Waals surface area contributed by atoms with Gasteiger partial charge in [-0.1, -0.05) is 48.5 Å². The minimum absolute atomic E-state index is 0.0790. The van der Waals surface area contributed by atoms with Crippen molar-refractivity contribution in [3.05, 3.63) is 83.9 Å². The molecule has 2 fully saturated rings. The zero-order chi connectivity index (χ0) is 29.8. The molecule has 1 N–H and O–H groups in total. The molecule has 0 saturated carbocycles. The lowest BCUT2D eigenvalue weighted by atomic mass is 9.90. The van der Waals surface area contributed by atoms with Gasteiger partial charge in [0.05, 0.1) is 31.7 Å². The molecule has 3 unspecified atom stereocenters. The van der Waals surface area contributed by atoms with Crippen LogP contribution in [0, 0.1) is 5.92 Å². The van der Waals surface area contributed by atoms with Crippen LogP contribution in [0.2, 0.25) is 0 Å². The van der Waals surface area contributed by atoms with Crippen molar-refractivity contribution in [2.75, 3.05) is 44.7 Å². The molecule has 11 heteroatoms. The van der Waals surface area contributed by atoms with Crippen LogP contribution in [0.5, 0.6) is 5.88 Å². The van der Waals surface area contributed by atoms with E-state index in [-0.39, 0.29) is 18.5 Å². The lowest BCUT2D eigenvalue weighted by Crippen LogP contribution is -2.55. The van der Waals surface area contributed by atoms with Gasteiger partial charge in [0.25, 0.3) is 0 Å². The van der Waals surface area contributed by atoms with Crippen molar-refractivity contribution >= 4 is 23.1 Å². The van der Waals surface area contributed by atoms with Crippen LogP contribution in [0.4, 0.5) is 24.7 Å². The van der Waals surface area contributed by atoms with Gasteiger partial charge in [-0.25, -0.2) is 4.99 Å². The second-order valence-electron chi connectivity index (χ2n) is 11.1. The molecule has 3 aliphatic rings. The third-order valence-electron chi connectivity index (χ3n) is 7.88. The summed E-state index contributed by atoms with van der Waals surface area (Å²) in [5, 5.41) is 3.31. The fraction of sp³-hybridized carbons (Fsp3) is 0.406. The molecule has 43 heavy (non-hydrogen) atoms. The van der Waals surface area contributed by atoms with Crippen LogP contribution >= 0.6 is 0 Å². The maximum atomic E-state index is 13.2. The number of morpholine rings is 1. The molecule has 4 heterocycles. The Morgan fingerprint density at radius 1 is 0.977 bits per heavy atom. The van der Waals surface area contributed by atoms with E-state index < -0.39 is 18.9 Å². The quantitative estimate of drug-likeness (QED) is 0.371. The molecule has 0 aliphatic carbocycles. The lowest BCUT2D eigenvalue weighted by molar-refractivity contribution is -0.145. The SMILES string of the molecule is CC1COCCN1C1=NC(c2ccc(Nc3cccc(OCc4ccccc4)n3)cc2)N=C2CN(CC(F)(F)F)CCC21. The maximum absolute atomic E-state index is 13.2. The number of alkyl halides is 3. The summed E-state index contributed by atoms with van der Waals surface area (Å²) in [5.74, 6) is 2.00. The number of aromatic nitrogens is 1. The smallest absolute Gasteiger partial charge is 0.401 e. The Labute approximate surface area is 249 Å². The number of hydrogen-bond donors (Lipinski definition) is 1. The Morgan fingerprint density at radius 3 is 2.56 bits per heavy atom. The molecule has 0 radical (unpaired) electrons. The number of fused-ring (bicyclic) bond motifs is 1. The first-order chi connectivity index (χ1) is 20.8. The van der Waals surface area contributed by atoms with Gasteiger partial charge >= 0.3 is 6.18 Å². The second kappa shape index (κ2) is 12.7. The summed E-state index contributed by atoms with van der Waals surface area (Å²) in [5.41, 5.74) is 3.53. The minimum Gasteiger partial charge on any atom is -0.473 e. The number of amidine groups is 1. The molecule has 8 nitrogen and oxygen atoms in total.